The lowest BCUT2D eigenvalue weighted by Gasteiger charge is -2.18. The van der Waals surface area contributed by atoms with Gasteiger partial charge < -0.3 is 9.84 Å². The highest BCUT2D eigenvalue weighted by Crippen LogP contribution is 2.20. The van der Waals surface area contributed by atoms with Gasteiger partial charge in [-0.25, -0.2) is 14.0 Å². The molecule has 0 aromatic heterocycles. The summed E-state index contributed by atoms with van der Waals surface area (Å²) in [6.45, 7) is 1.43. The van der Waals surface area contributed by atoms with Gasteiger partial charge in [-0.3, -0.25) is 0 Å². The molecule has 0 spiro atoms. The van der Waals surface area contributed by atoms with Crippen molar-refractivity contribution in [3.63, 3.8) is 0 Å². The van der Waals surface area contributed by atoms with Crippen LogP contribution in [-0.2, 0) is 20.7 Å². The normalized spacial score (nSPS) is 13.8. The fourth-order valence-corrected chi connectivity index (χ4v) is 1.36. The topological polar surface area (TPSA) is 63.6 Å². The van der Waals surface area contributed by atoms with E-state index in [0.717, 1.165) is 0 Å². The number of hydrogen-bond donors (Lipinski definition) is 1. The van der Waals surface area contributed by atoms with Crippen LogP contribution in [0.2, 0.25) is 0 Å². The maximum Gasteiger partial charge on any atom is 0.356 e. The van der Waals surface area contributed by atoms with Crippen LogP contribution in [0.15, 0.2) is 30.3 Å². The lowest BCUT2D eigenvalue weighted by molar-refractivity contribution is -0.170. The van der Waals surface area contributed by atoms with Crippen LogP contribution in [0.25, 0.3) is 0 Å². The minimum atomic E-state index is -3.03. The van der Waals surface area contributed by atoms with Crippen molar-refractivity contribution in [2.24, 2.45) is 0 Å². The lowest BCUT2D eigenvalue weighted by Crippen LogP contribution is -2.45. The van der Waals surface area contributed by atoms with Gasteiger partial charge in [0, 0.05) is 6.42 Å². The van der Waals surface area contributed by atoms with Crippen LogP contribution in [0.4, 0.5) is 4.39 Å². The van der Waals surface area contributed by atoms with Gasteiger partial charge in [-0.05, 0) is 12.5 Å². The Hall–Kier alpha value is -1.91. The number of hydrogen-bond acceptors (Lipinski definition) is 3. The third kappa shape index (κ3) is 3.03. The summed E-state index contributed by atoms with van der Waals surface area (Å²) in [6, 6.07) is 8.10. The highest BCUT2D eigenvalue weighted by Gasteiger charge is 2.48. The van der Waals surface area contributed by atoms with Gasteiger partial charge in [-0.2, -0.15) is 0 Å². The Labute approximate surface area is 98.0 Å². The van der Waals surface area contributed by atoms with Crippen molar-refractivity contribution in [1.82, 2.24) is 0 Å². The second-order valence-electron chi connectivity index (χ2n) is 3.49. The van der Waals surface area contributed by atoms with Gasteiger partial charge in [0.05, 0.1) is 6.61 Å². The molecule has 4 nitrogen and oxygen atoms in total. The molecule has 0 aliphatic heterocycles. The summed E-state index contributed by atoms with van der Waals surface area (Å²) in [5.41, 5.74) is -2.61. The molecule has 0 saturated carbocycles. The van der Waals surface area contributed by atoms with Crippen LogP contribution in [-0.4, -0.2) is 29.3 Å². The molecule has 17 heavy (non-hydrogen) atoms. The predicted molar refractivity (Wildman–Crippen MR) is 58.3 cm³/mol. The first-order valence-electron chi connectivity index (χ1n) is 5.14. The SMILES string of the molecule is CCOC(=O)C(F)(Cc1ccccc1)C(=O)O. The van der Waals surface area contributed by atoms with E-state index in [-0.39, 0.29) is 6.61 Å². The fraction of sp³-hybridized carbons (Fsp3) is 0.333. The smallest absolute Gasteiger partial charge is 0.356 e. The molecule has 0 amide bonds. The summed E-state index contributed by atoms with van der Waals surface area (Å²) in [5.74, 6) is -3.20. The Balaban J connectivity index is 2.93. The number of carbonyl (C=O) groups is 2. The molecule has 1 aromatic carbocycles. The Morgan fingerprint density at radius 2 is 1.94 bits per heavy atom. The van der Waals surface area contributed by atoms with Gasteiger partial charge in [-0.1, -0.05) is 30.3 Å². The monoisotopic (exact) mass is 240 g/mol. The van der Waals surface area contributed by atoms with E-state index in [0.29, 0.717) is 5.56 Å². The number of carboxylic acid groups (broad SMARTS) is 1. The second-order valence-corrected chi connectivity index (χ2v) is 3.49. The molecule has 92 valence electrons. The average Bonchev–Trinajstić information content (AvgIpc) is 2.30. The standard InChI is InChI=1S/C12H13FO4/c1-2-17-11(16)12(13,10(14)15)8-9-6-4-3-5-7-9/h3-7H,2,8H2,1H3,(H,14,15). The Morgan fingerprint density at radius 1 is 1.35 bits per heavy atom. The molecule has 5 heteroatoms. The first-order chi connectivity index (χ1) is 8.00. The molecular weight excluding hydrogens is 227 g/mol. The van der Waals surface area contributed by atoms with E-state index >= 15 is 0 Å². The predicted octanol–water partition coefficient (Wildman–Crippen LogP) is 1.59. The van der Waals surface area contributed by atoms with Gasteiger partial charge >= 0.3 is 17.6 Å². The summed E-state index contributed by atoms with van der Waals surface area (Å²) < 4.78 is 18.6. The van der Waals surface area contributed by atoms with Crippen molar-refractivity contribution in [1.29, 1.82) is 0 Å². The molecule has 1 aromatic rings. The van der Waals surface area contributed by atoms with Crippen molar-refractivity contribution < 1.29 is 23.8 Å². The van der Waals surface area contributed by atoms with Crippen molar-refractivity contribution in [2.75, 3.05) is 6.61 Å². The maximum atomic E-state index is 14.1. The van der Waals surface area contributed by atoms with E-state index in [1.807, 2.05) is 0 Å². The minimum absolute atomic E-state index is 0.0629. The molecule has 1 rings (SSSR count). The minimum Gasteiger partial charge on any atom is -0.478 e. The summed E-state index contributed by atoms with van der Waals surface area (Å²) in [6.07, 6.45) is -0.540. The van der Waals surface area contributed by atoms with Gasteiger partial charge in [0.25, 0.3) is 0 Å². The van der Waals surface area contributed by atoms with Crippen molar-refractivity contribution >= 4 is 11.9 Å². The molecule has 0 aliphatic rings. The molecule has 0 radical (unpaired) electrons. The van der Waals surface area contributed by atoms with E-state index in [2.05, 4.69) is 4.74 Å². The second kappa shape index (κ2) is 5.43. The third-order valence-corrected chi connectivity index (χ3v) is 2.23. The number of aliphatic carboxylic acids is 1. The van der Waals surface area contributed by atoms with Gasteiger partial charge in [0.15, 0.2) is 0 Å². The number of ether oxygens (including phenoxy) is 1. The number of rotatable bonds is 5. The third-order valence-electron chi connectivity index (χ3n) is 2.23. The summed E-state index contributed by atoms with van der Waals surface area (Å²) in [5, 5.41) is 8.82. The van der Waals surface area contributed by atoms with Crippen LogP contribution < -0.4 is 0 Å². The molecule has 1 atom stereocenters. The molecule has 0 fully saturated rings. The van der Waals surface area contributed by atoms with E-state index < -0.39 is 24.0 Å². The summed E-state index contributed by atoms with van der Waals surface area (Å²) in [7, 11) is 0. The largest absolute Gasteiger partial charge is 0.478 e. The summed E-state index contributed by atoms with van der Waals surface area (Å²) in [4.78, 5) is 22.2. The molecule has 0 heterocycles. The zero-order valence-corrected chi connectivity index (χ0v) is 9.35. The van der Waals surface area contributed by atoms with Crippen molar-refractivity contribution in [3.8, 4) is 0 Å². The zero-order chi connectivity index (χ0) is 12.9. The first-order valence-corrected chi connectivity index (χ1v) is 5.14. The van der Waals surface area contributed by atoms with Crippen LogP contribution in [0.3, 0.4) is 0 Å². The van der Waals surface area contributed by atoms with E-state index in [1.54, 1.807) is 30.3 Å². The highest BCUT2D eigenvalue weighted by atomic mass is 19.1. The Bertz CT molecular complexity index is 404. The first kappa shape index (κ1) is 13.2. The number of carboxylic acids is 1. The van der Waals surface area contributed by atoms with Gasteiger partial charge in [0.1, 0.15) is 0 Å². The number of esters is 1. The van der Waals surface area contributed by atoms with Gasteiger partial charge in [-0.15, -0.1) is 0 Å². The average molecular weight is 240 g/mol. The van der Waals surface area contributed by atoms with E-state index in [4.69, 9.17) is 5.11 Å². The van der Waals surface area contributed by atoms with E-state index in [1.165, 1.54) is 6.92 Å². The van der Waals surface area contributed by atoms with E-state index in [9.17, 15) is 14.0 Å². The highest BCUT2D eigenvalue weighted by molar-refractivity contribution is 6.02. The molecule has 0 aliphatic carbocycles. The zero-order valence-electron chi connectivity index (χ0n) is 9.35. The van der Waals surface area contributed by atoms with Crippen molar-refractivity contribution in [2.45, 2.75) is 19.0 Å². The van der Waals surface area contributed by atoms with Crippen LogP contribution >= 0.6 is 0 Å². The number of halogens is 1. The number of alkyl halides is 1. The maximum absolute atomic E-state index is 14.1. The Kier molecular flexibility index (Phi) is 4.20. The van der Waals surface area contributed by atoms with Crippen LogP contribution in [0, 0.1) is 0 Å². The quantitative estimate of drug-likeness (QED) is 0.627. The van der Waals surface area contributed by atoms with Crippen LogP contribution in [0.5, 0.6) is 0 Å². The number of carbonyl (C=O) groups excluding carboxylic acids is 1. The lowest BCUT2D eigenvalue weighted by atomic mass is 9.96. The summed E-state index contributed by atoms with van der Waals surface area (Å²) >= 11 is 0. The Morgan fingerprint density at radius 3 is 2.41 bits per heavy atom. The molecular formula is C12H13FO4. The molecule has 1 unspecified atom stereocenters. The number of benzene rings is 1. The fourth-order valence-electron chi connectivity index (χ4n) is 1.36. The molecule has 0 bridgehead atoms. The molecule has 0 saturated heterocycles. The van der Waals surface area contributed by atoms with Gasteiger partial charge in [0.2, 0.25) is 0 Å². The van der Waals surface area contributed by atoms with Crippen LogP contribution in [0.1, 0.15) is 12.5 Å². The molecule has 1 N–H and O–H groups in total. The van der Waals surface area contributed by atoms with Crippen molar-refractivity contribution in [3.05, 3.63) is 35.9 Å².